The predicted molar refractivity (Wildman–Crippen MR) is 74.8 cm³/mol. The van der Waals surface area contributed by atoms with Crippen molar-refractivity contribution < 1.29 is 8.76 Å². The minimum atomic E-state index is -2.16. The van der Waals surface area contributed by atoms with Gasteiger partial charge in [-0.05, 0) is 86.4 Å². The molecule has 0 spiro atoms. The SMILES string of the molecule is Cc1cc(Cl)ccc1C(I)(I)S(=O)[O-]. The Morgan fingerprint density at radius 2 is 2.07 bits per heavy atom. The first-order valence-corrected chi connectivity index (χ1v) is 7.20. The van der Waals surface area contributed by atoms with E-state index >= 15 is 0 Å². The summed E-state index contributed by atoms with van der Waals surface area (Å²) >= 11 is 7.42. The van der Waals surface area contributed by atoms with E-state index in [9.17, 15) is 8.76 Å². The van der Waals surface area contributed by atoms with Crippen molar-refractivity contribution in [3.05, 3.63) is 34.3 Å². The van der Waals surface area contributed by atoms with Gasteiger partial charge < -0.3 is 4.55 Å². The fraction of sp³-hybridized carbons (Fsp3) is 0.250. The van der Waals surface area contributed by atoms with Gasteiger partial charge in [-0.2, -0.15) is 0 Å². The molecule has 0 aliphatic carbocycles. The van der Waals surface area contributed by atoms with Crippen LogP contribution in [0.5, 0.6) is 0 Å². The van der Waals surface area contributed by atoms with Gasteiger partial charge in [-0.25, -0.2) is 0 Å². The van der Waals surface area contributed by atoms with Gasteiger partial charge in [-0.15, -0.1) is 0 Å². The summed E-state index contributed by atoms with van der Waals surface area (Å²) in [6.07, 6.45) is 0. The van der Waals surface area contributed by atoms with E-state index in [0.29, 0.717) is 5.02 Å². The third kappa shape index (κ3) is 2.81. The second-order valence-corrected chi connectivity index (χ2v) is 11.0. The molecule has 78 valence electrons. The van der Waals surface area contributed by atoms with Crippen molar-refractivity contribution >= 4 is 67.9 Å². The first kappa shape index (κ1) is 13.1. The molecule has 0 aromatic heterocycles. The number of hydrogen-bond donors (Lipinski definition) is 0. The van der Waals surface area contributed by atoms with E-state index in [0.717, 1.165) is 11.1 Å². The molecule has 1 unspecified atom stereocenters. The Hall–Kier alpha value is 1.08. The van der Waals surface area contributed by atoms with Gasteiger partial charge in [0.2, 0.25) is 0 Å². The van der Waals surface area contributed by atoms with Gasteiger partial charge in [0, 0.05) is 5.02 Å². The monoisotopic (exact) mass is 455 g/mol. The molecule has 14 heavy (non-hydrogen) atoms. The Morgan fingerprint density at radius 1 is 1.50 bits per heavy atom. The van der Waals surface area contributed by atoms with Crippen molar-refractivity contribution in [1.82, 2.24) is 0 Å². The normalized spacial score (nSPS) is 14.1. The molecule has 0 saturated heterocycles. The summed E-state index contributed by atoms with van der Waals surface area (Å²) < 4.78 is 21.1. The molecule has 0 bridgehead atoms. The van der Waals surface area contributed by atoms with E-state index in [4.69, 9.17) is 11.6 Å². The van der Waals surface area contributed by atoms with Gasteiger partial charge in [-0.3, -0.25) is 4.21 Å². The van der Waals surface area contributed by atoms with Crippen LogP contribution >= 0.6 is 56.8 Å². The molecule has 0 radical (unpaired) electrons. The highest BCUT2D eigenvalue weighted by Crippen LogP contribution is 2.43. The van der Waals surface area contributed by atoms with Crippen LogP contribution in [0.1, 0.15) is 11.1 Å². The van der Waals surface area contributed by atoms with Crippen LogP contribution < -0.4 is 0 Å². The highest BCUT2D eigenvalue weighted by Gasteiger charge is 2.28. The molecule has 1 aromatic rings. The topological polar surface area (TPSA) is 40.1 Å². The number of alkyl halides is 2. The Kier molecular flexibility index (Phi) is 4.64. The van der Waals surface area contributed by atoms with E-state index in [-0.39, 0.29) is 0 Å². The quantitative estimate of drug-likeness (QED) is 0.389. The average molecular weight is 455 g/mol. The third-order valence-electron chi connectivity index (χ3n) is 1.71. The average Bonchev–Trinajstić information content (AvgIpc) is 2.02. The lowest BCUT2D eigenvalue weighted by atomic mass is 10.1. The van der Waals surface area contributed by atoms with Crippen molar-refractivity contribution in [3.63, 3.8) is 0 Å². The zero-order chi connectivity index (χ0) is 10.9. The van der Waals surface area contributed by atoms with E-state index in [1.54, 1.807) is 18.2 Å². The first-order valence-electron chi connectivity index (χ1n) is 3.59. The van der Waals surface area contributed by atoms with Crippen molar-refractivity contribution in [1.29, 1.82) is 0 Å². The van der Waals surface area contributed by atoms with Crippen molar-refractivity contribution in [2.45, 2.75) is 7.68 Å². The molecule has 0 saturated carbocycles. The number of halogens is 3. The van der Waals surface area contributed by atoms with Gasteiger partial charge in [0.1, 0.15) is 0 Å². The maximum absolute atomic E-state index is 11.0. The molecule has 1 atom stereocenters. The molecule has 0 aliphatic rings. The Labute approximate surface area is 117 Å². The van der Waals surface area contributed by atoms with Gasteiger partial charge in [-0.1, -0.05) is 17.7 Å². The van der Waals surface area contributed by atoms with E-state index < -0.39 is 11.8 Å². The zero-order valence-corrected chi connectivity index (χ0v) is 13.0. The summed E-state index contributed by atoms with van der Waals surface area (Å²) in [7, 11) is 0. The molecule has 0 aliphatic heterocycles. The first-order chi connectivity index (χ1) is 6.35. The van der Waals surface area contributed by atoms with Gasteiger partial charge in [0.05, 0.1) is 0 Å². The minimum Gasteiger partial charge on any atom is -0.770 e. The lowest BCUT2D eigenvalue weighted by Crippen LogP contribution is -2.16. The van der Waals surface area contributed by atoms with Crippen LogP contribution in [0.3, 0.4) is 0 Å². The van der Waals surface area contributed by atoms with Crippen LogP contribution in [0.15, 0.2) is 18.2 Å². The smallest absolute Gasteiger partial charge is 0.159 e. The van der Waals surface area contributed by atoms with Crippen molar-refractivity contribution in [2.75, 3.05) is 0 Å². The molecule has 0 amide bonds. The van der Waals surface area contributed by atoms with Gasteiger partial charge in [0.25, 0.3) is 0 Å². The Morgan fingerprint density at radius 3 is 2.50 bits per heavy atom. The fourth-order valence-electron chi connectivity index (χ4n) is 1.04. The highest BCUT2D eigenvalue weighted by molar-refractivity contribution is 14.2. The zero-order valence-electron chi connectivity index (χ0n) is 7.09. The van der Waals surface area contributed by atoms with Crippen LogP contribution in [-0.2, 0) is 11.8 Å². The lowest BCUT2D eigenvalue weighted by Gasteiger charge is -2.25. The van der Waals surface area contributed by atoms with E-state index in [1.807, 2.05) is 52.1 Å². The molecule has 0 heterocycles. The van der Waals surface area contributed by atoms with Crippen LogP contribution in [0, 0.1) is 6.92 Å². The summed E-state index contributed by atoms with van der Waals surface area (Å²) in [5.74, 6) is 0. The van der Waals surface area contributed by atoms with Crippen molar-refractivity contribution in [3.8, 4) is 0 Å². The highest BCUT2D eigenvalue weighted by atomic mass is 127. The van der Waals surface area contributed by atoms with Gasteiger partial charge >= 0.3 is 0 Å². The number of aryl methyl sites for hydroxylation is 1. The van der Waals surface area contributed by atoms with E-state index in [2.05, 4.69) is 0 Å². The molecule has 1 aromatic carbocycles. The number of hydrogen-bond acceptors (Lipinski definition) is 2. The second-order valence-electron chi connectivity index (χ2n) is 2.71. The maximum atomic E-state index is 11.0. The van der Waals surface area contributed by atoms with E-state index in [1.165, 1.54) is 0 Å². The Bertz CT molecular complexity index is 382. The molecular weight excluding hydrogens is 449 g/mol. The fourth-order valence-corrected chi connectivity index (χ4v) is 2.89. The predicted octanol–water partition coefficient (Wildman–Crippen LogP) is 3.51. The Balaban J connectivity index is 3.26. The molecule has 1 rings (SSSR count). The largest absolute Gasteiger partial charge is 0.770 e. The molecule has 2 nitrogen and oxygen atoms in total. The molecule has 0 N–H and O–H groups in total. The summed E-state index contributed by atoms with van der Waals surface area (Å²) in [5.41, 5.74) is 1.64. The van der Waals surface area contributed by atoms with Crippen LogP contribution in [0.25, 0.3) is 0 Å². The number of rotatable bonds is 2. The summed E-state index contributed by atoms with van der Waals surface area (Å²) in [5, 5.41) is 0.617. The van der Waals surface area contributed by atoms with Crippen LogP contribution in [0.2, 0.25) is 5.02 Å². The van der Waals surface area contributed by atoms with Crippen LogP contribution in [0.4, 0.5) is 0 Å². The second kappa shape index (κ2) is 4.94. The van der Waals surface area contributed by atoms with Crippen molar-refractivity contribution in [2.24, 2.45) is 0 Å². The lowest BCUT2D eigenvalue weighted by molar-refractivity contribution is 0.535. The standard InChI is InChI=1S/C8H7ClI2O2S/c1-5-4-6(9)2-3-7(5)8(10,11)14(12)13/h2-4H,1H3,(H,12,13)/p-1. The van der Waals surface area contributed by atoms with Crippen LogP contribution in [-0.4, -0.2) is 8.76 Å². The summed E-state index contributed by atoms with van der Waals surface area (Å²) in [4.78, 5) is 0. The minimum absolute atomic E-state index is 0.617. The third-order valence-corrected chi connectivity index (χ3v) is 5.90. The van der Waals surface area contributed by atoms with Gasteiger partial charge in [0.15, 0.2) is 0.760 Å². The number of benzene rings is 1. The maximum Gasteiger partial charge on any atom is 0.159 e. The summed E-state index contributed by atoms with van der Waals surface area (Å²) in [6.45, 7) is 1.85. The summed E-state index contributed by atoms with van der Waals surface area (Å²) in [6, 6.07) is 5.20. The molecular formula is C8H6ClI2O2S-. The molecule has 6 heteroatoms. The molecule has 0 fully saturated rings.